The van der Waals surface area contributed by atoms with Gasteiger partial charge in [-0.2, -0.15) is 0 Å². The van der Waals surface area contributed by atoms with Crippen molar-refractivity contribution >= 4 is 11.6 Å². The van der Waals surface area contributed by atoms with Crippen molar-refractivity contribution in [2.75, 3.05) is 18.5 Å². The van der Waals surface area contributed by atoms with Gasteiger partial charge in [0.25, 0.3) is 5.91 Å². The molecule has 1 amide bonds. The van der Waals surface area contributed by atoms with Gasteiger partial charge in [0.05, 0.1) is 17.4 Å². The molecule has 2 aliphatic rings. The van der Waals surface area contributed by atoms with Gasteiger partial charge in [-0.1, -0.05) is 0 Å². The number of likely N-dealkylation sites (tertiary alicyclic amines) is 1. The number of nitrogens with one attached hydrogen (secondary N) is 2. The number of hydrogen-bond donors (Lipinski definition) is 3. The number of hydrogen-bond acceptors (Lipinski definition) is 5. The Morgan fingerprint density at radius 1 is 1.42 bits per heavy atom. The van der Waals surface area contributed by atoms with Gasteiger partial charge >= 0.3 is 0 Å². The SMILES string of the molecule is NNc1cnccc1C(=O)NC1CCN(C2CC2)C1. The summed E-state index contributed by atoms with van der Waals surface area (Å²) in [5.41, 5.74) is 3.60. The maximum Gasteiger partial charge on any atom is 0.253 e. The van der Waals surface area contributed by atoms with Crippen molar-refractivity contribution in [1.82, 2.24) is 15.2 Å². The third kappa shape index (κ3) is 2.69. The zero-order valence-corrected chi connectivity index (χ0v) is 10.8. The van der Waals surface area contributed by atoms with Crippen LogP contribution in [-0.4, -0.2) is 41.0 Å². The minimum Gasteiger partial charge on any atom is -0.348 e. The van der Waals surface area contributed by atoms with Gasteiger partial charge in [0, 0.05) is 31.4 Å². The molecule has 0 spiro atoms. The fraction of sp³-hybridized carbons (Fsp3) is 0.538. The van der Waals surface area contributed by atoms with E-state index in [1.807, 2.05) is 0 Å². The Bertz CT molecular complexity index is 474. The van der Waals surface area contributed by atoms with Gasteiger partial charge in [-0.25, -0.2) is 0 Å². The summed E-state index contributed by atoms with van der Waals surface area (Å²) < 4.78 is 0. The molecule has 1 saturated carbocycles. The predicted octanol–water partition coefficient (Wildman–Crippen LogP) is 0.334. The summed E-state index contributed by atoms with van der Waals surface area (Å²) in [7, 11) is 0. The number of rotatable bonds is 4. The third-order valence-corrected chi connectivity index (χ3v) is 3.84. The van der Waals surface area contributed by atoms with Crippen LogP contribution in [0.4, 0.5) is 5.69 Å². The molecule has 6 nitrogen and oxygen atoms in total. The Balaban J connectivity index is 1.61. The number of aromatic nitrogens is 1. The summed E-state index contributed by atoms with van der Waals surface area (Å²) in [4.78, 5) is 18.6. The second-order valence-corrected chi connectivity index (χ2v) is 5.25. The molecule has 4 N–H and O–H groups in total. The third-order valence-electron chi connectivity index (χ3n) is 3.84. The number of hydrazine groups is 1. The number of amides is 1. The van der Waals surface area contributed by atoms with Crippen molar-refractivity contribution in [3.8, 4) is 0 Å². The van der Waals surface area contributed by atoms with Crippen LogP contribution in [0.15, 0.2) is 18.5 Å². The largest absolute Gasteiger partial charge is 0.348 e. The summed E-state index contributed by atoms with van der Waals surface area (Å²) in [5, 5.41) is 3.08. The van der Waals surface area contributed by atoms with Crippen molar-refractivity contribution in [2.45, 2.75) is 31.3 Å². The van der Waals surface area contributed by atoms with Gasteiger partial charge in [0.2, 0.25) is 0 Å². The summed E-state index contributed by atoms with van der Waals surface area (Å²) >= 11 is 0. The van der Waals surface area contributed by atoms with E-state index < -0.39 is 0 Å². The van der Waals surface area contributed by atoms with E-state index in [0.717, 1.165) is 25.6 Å². The number of anilines is 1. The highest BCUT2D eigenvalue weighted by Crippen LogP contribution is 2.29. The molecule has 2 fully saturated rings. The van der Waals surface area contributed by atoms with E-state index in [-0.39, 0.29) is 11.9 Å². The highest BCUT2D eigenvalue weighted by molar-refractivity contribution is 5.99. The van der Waals surface area contributed by atoms with Gasteiger partial charge in [-0.05, 0) is 25.3 Å². The Morgan fingerprint density at radius 3 is 3.00 bits per heavy atom. The molecule has 1 aromatic rings. The Kier molecular flexibility index (Phi) is 3.35. The maximum absolute atomic E-state index is 12.2. The van der Waals surface area contributed by atoms with E-state index in [4.69, 9.17) is 5.84 Å². The molecule has 102 valence electrons. The molecule has 3 rings (SSSR count). The smallest absolute Gasteiger partial charge is 0.253 e. The van der Waals surface area contributed by atoms with E-state index in [2.05, 4.69) is 20.6 Å². The summed E-state index contributed by atoms with van der Waals surface area (Å²) in [6.07, 6.45) is 6.80. The first-order valence-corrected chi connectivity index (χ1v) is 6.73. The molecule has 0 bridgehead atoms. The van der Waals surface area contributed by atoms with Crippen LogP contribution in [0.3, 0.4) is 0 Å². The van der Waals surface area contributed by atoms with Crippen LogP contribution in [-0.2, 0) is 0 Å². The molecule has 19 heavy (non-hydrogen) atoms. The van der Waals surface area contributed by atoms with E-state index >= 15 is 0 Å². The monoisotopic (exact) mass is 261 g/mol. The normalized spacial score (nSPS) is 23.3. The molecule has 6 heteroatoms. The number of carbonyl (C=O) groups excluding carboxylic acids is 1. The second kappa shape index (κ2) is 5.14. The zero-order valence-electron chi connectivity index (χ0n) is 10.8. The van der Waals surface area contributed by atoms with Crippen molar-refractivity contribution in [3.05, 3.63) is 24.0 Å². The van der Waals surface area contributed by atoms with E-state index in [9.17, 15) is 4.79 Å². The number of nitrogens with zero attached hydrogens (tertiary/aromatic N) is 2. The molecule has 0 radical (unpaired) electrons. The standard InChI is InChI=1S/C13H19N5O/c14-17-12-7-15-5-3-11(12)13(19)16-9-4-6-18(8-9)10-1-2-10/h3,5,7,9-10,17H,1-2,4,6,8,14H2,(H,16,19). The average molecular weight is 261 g/mol. The Morgan fingerprint density at radius 2 is 2.26 bits per heavy atom. The predicted molar refractivity (Wildman–Crippen MR) is 72.5 cm³/mol. The Labute approximate surface area is 112 Å². The fourth-order valence-corrected chi connectivity index (χ4v) is 2.65. The minimum atomic E-state index is -0.0852. The molecule has 2 heterocycles. The topological polar surface area (TPSA) is 83.3 Å². The lowest BCUT2D eigenvalue weighted by Crippen LogP contribution is -2.37. The van der Waals surface area contributed by atoms with Gasteiger partial charge in [0.1, 0.15) is 0 Å². The number of nitrogen functional groups attached to an aromatic ring is 1. The Hall–Kier alpha value is -1.66. The molecule has 1 atom stereocenters. The molecule has 1 aromatic heterocycles. The van der Waals surface area contributed by atoms with E-state index in [1.54, 1.807) is 18.5 Å². The van der Waals surface area contributed by atoms with Gasteiger partial charge in [-0.15, -0.1) is 0 Å². The quantitative estimate of drug-likeness (QED) is 0.537. The first-order chi connectivity index (χ1) is 9.28. The molecule has 0 aromatic carbocycles. The lowest BCUT2D eigenvalue weighted by atomic mass is 10.2. The number of pyridine rings is 1. The van der Waals surface area contributed by atoms with Crippen LogP contribution in [0.25, 0.3) is 0 Å². The highest BCUT2D eigenvalue weighted by Gasteiger charge is 2.34. The zero-order chi connectivity index (χ0) is 13.2. The van der Waals surface area contributed by atoms with Gasteiger partial charge in [0.15, 0.2) is 0 Å². The fourth-order valence-electron chi connectivity index (χ4n) is 2.65. The first-order valence-electron chi connectivity index (χ1n) is 6.73. The van der Waals surface area contributed by atoms with Crippen molar-refractivity contribution < 1.29 is 4.79 Å². The van der Waals surface area contributed by atoms with Gasteiger partial charge < -0.3 is 10.7 Å². The van der Waals surface area contributed by atoms with Crippen molar-refractivity contribution in [2.24, 2.45) is 5.84 Å². The average Bonchev–Trinajstić information content (AvgIpc) is 3.19. The number of nitrogens with two attached hydrogens (primary N) is 1. The van der Waals surface area contributed by atoms with Gasteiger partial charge in [-0.3, -0.25) is 20.5 Å². The van der Waals surface area contributed by atoms with Crippen LogP contribution in [0.5, 0.6) is 0 Å². The van der Waals surface area contributed by atoms with Crippen LogP contribution in [0, 0.1) is 0 Å². The van der Waals surface area contributed by atoms with Crippen LogP contribution in [0.2, 0.25) is 0 Å². The molecule has 1 aliphatic carbocycles. The molecular weight excluding hydrogens is 242 g/mol. The lowest BCUT2D eigenvalue weighted by Gasteiger charge is -2.16. The van der Waals surface area contributed by atoms with Crippen molar-refractivity contribution in [3.63, 3.8) is 0 Å². The van der Waals surface area contributed by atoms with E-state index in [0.29, 0.717) is 11.3 Å². The number of carbonyl (C=O) groups is 1. The van der Waals surface area contributed by atoms with Crippen LogP contribution >= 0.6 is 0 Å². The maximum atomic E-state index is 12.2. The van der Waals surface area contributed by atoms with E-state index in [1.165, 1.54) is 12.8 Å². The molecule has 1 saturated heterocycles. The van der Waals surface area contributed by atoms with Crippen molar-refractivity contribution in [1.29, 1.82) is 0 Å². The summed E-state index contributed by atoms with van der Waals surface area (Å²) in [6, 6.07) is 2.69. The first kappa shape index (κ1) is 12.4. The molecule has 1 aliphatic heterocycles. The summed E-state index contributed by atoms with van der Waals surface area (Å²) in [5.74, 6) is 5.30. The minimum absolute atomic E-state index is 0.0852. The molecular formula is C13H19N5O. The van der Waals surface area contributed by atoms with Crippen LogP contribution < -0.4 is 16.6 Å². The lowest BCUT2D eigenvalue weighted by molar-refractivity contribution is 0.0938. The molecule has 1 unspecified atom stereocenters. The second-order valence-electron chi connectivity index (χ2n) is 5.25. The van der Waals surface area contributed by atoms with Crippen LogP contribution in [0.1, 0.15) is 29.6 Å². The highest BCUT2D eigenvalue weighted by atomic mass is 16.1. The summed E-state index contributed by atoms with van der Waals surface area (Å²) in [6.45, 7) is 2.06.